The van der Waals surface area contributed by atoms with Gasteiger partial charge < -0.3 is 0 Å². The Hall–Kier alpha value is -1.60. The molecule has 1 N–H and O–H groups in total. The lowest BCUT2D eigenvalue weighted by molar-refractivity contribution is -0.137. The molecular weight excluding hydrogens is 311 g/mol. The van der Waals surface area contributed by atoms with E-state index in [-0.39, 0.29) is 10.6 Å². The fraction of sp³-hybridized carbons (Fsp3) is 0.167. The first-order chi connectivity index (χ1) is 9.38. The van der Waals surface area contributed by atoms with Crippen molar-refractivity contribution in [3.63, 3.8) is 0 Å². The van der Waals surface area contributed by atoms with E-state index in [4.69, 9.17) is 11.6 Å². The molecule has 0 fully saturated rings. The van der Waals surface area contributed by atoms with Gasteiger partial charge in [-0.1, -0.05) is 17.7 Å². The van der Waals surface area contributed by atoms with Gasteiger partial charge in [-0.3, -0.25) is 5.43 Å². The maximum absolute atomic E-state index is 12.8. The van der Waals surface area contributed by atoms with Crippen LogP contribution in [0, 0.1) is 6.92 Å². The fourth-order valence-corrected chi connectivity index (χ4v) is 2.33. The molecule has 2 aromatic rings. The van der Waals surface area contributed by atoms with Gasteiger partial charge in [0.2, 0.25) is 5.13 Å². The van der Waals surface area contributed by atoms with E-state index in [9.17, 15) is 13.2 Å². The molecule has 1 heterocycles. The fourth-order valence-electron chi connectivity index (χ4n) is 1.47. The van der Waals surface area contributed by atoms with E-state index >= 15 is 0 Å². The molecule has 0 spiro atoms. The van der Waals surface area contributed by atoms with E-state index in [0.717, 1.165) is 18.0 Å². The summed E-state index contributed by atoms with van der Waals surface area (Å²) in [7, 11) is 0. The monoisotopic (exact) mass is 319 g/mol. The molecule has 0 aliphatic carbocycles. The van der Waals surface area contributed by atoms with Crippen LogP contribution < -0.4 is 5.43 Å². The summed E-state index contributed by atoms with van der Waals surface area (Å²) in [5.41, 5.74) is 2.37. The molecule has 0 aliphatic rings. The van der Waals surface area contributed by atoms with Crippen LogP contribution >= 0.6 is 22.9 Å². The molecule has 20 heavy (non-hydrogen) atoms. The number of rotatable bonds is 3. The van der Waals surface area contributed by atoms with Crippen molar-refractivity contribution < 1.29 is 13.2 Å². The minimum atomic E-state index is -4.48. The summed E-state index contributed by atoms with van der Waals surface area (Å²) in [6.07, 6.45) is -3.44. The first kappa shape index (κ1) is 14.8. The van der Waals surface area contributed by atoms with Crippen molar-refractivity contribution in [1.82, 2.24) is 4.98 Å². The van der Waals surface area contributed by atoms with Gasteiger partial charge in [-0.15, -0.1) is 11.3 Å². The number of hydrogen-bond acceptors (Lipinski definition) is 4. The molecule has 8 heteroatoms. The van der Waals surface area contributed by atoms with Gasteiger partial charge in [0.1, 0.15) is 0 Å². The van der Waals surface area contributed by atoms with Gasteiger partial charge in [0.25, 0.3) is 0 Å². The van der Waals surface area contributed by atoms with E-state index in [1.165, 1.54) is 23.5 Å². The first-order valence-electron chi connectivity index (χ1n) is 5.45. The summed E-state index contributed by atoms with van der Waals surface area (Å²) in [6, 6.07) is 3.59. The zero-order valence-corrected chi connectivity index (χ0v) is 11.8. The number of hydrazone groups is 1. The molecule has 0 atom stereocenters. The number of thiazole rings is 1. The number of anilines is 1. The van der Waals surface area contributed by atoms with Crippen molar-refractivity contribution in [1.29, 1.82) is 0 Å². The normalized spacial score (nSPS) is 12.1. The molecule has 0 aliphatic heterocycles. The highest BCUT2D eigenvalue weighted by Gasteiger charge is 2.33. The van der Waals surface area contributed by atoms with Crippen LogP contribution in [0.25, 0.3) is 0 Å². The van der Waals surface area contributed by atoms with E-state index < -0.39 is 11.7 Å². The van der Waals surface area contributed by atoms with Crippen LogP contribution in [0.3, 0.4) is 0 Å². The smallest absolute Gasteiger partial charge is 0.253 e. The van der Waals surface area contributed by atoms with Gasteiger partial charge >= 0.3 is 6.18 Å². The Balaban J connectivity index is 2.24. The molecule has 0 saturated heterocycles. The van der Waals surface area contributed by atoms with E-state index in [0.29, 0.717) is 5.13 Å². The molecule has 0 unspecified atom stereocenters. The third kappa shape index (κ3) is 3.49. The summed E-state index contributed by atoms with van der Waals surface area (Å²) in [6.45, 7) is 1.81. The molecular formula is C12H9ClF3N3S. The Bertz CT molecular complexity index is 637. The highest BCUT2D eigenvalue weighted by atomic mass is 35.5. The van der Waals surface area contributed by atoms with Gasteiger partial charge in [-0.2, -0.15) is 18.3 Å². The van der Waals surface area contributed by atoms with E-state index in [1.54, 1.807) is 12.3 Å². The van der Waals surface area contributed by atoms with Gasteiger partial charge in [-0.05, 0) is 19.1 Å². The van der Waals surface area contributed by atoms with Crippen LogP contribution in [0.15, 0.2) is 28.7 Å². The lowest BCUT2D eigenvalue weighted by atomic mass is 10.1. The summed E-state index contributed by atoms with van der Waals surface area (Å²) in [5, 5.41) is 6.03. The lowest BCUT2D eigenvalue weighted by Gasteiger charge is -2.10. The number of benzene rings is 1. The second-order valence-corrected chi connectivity index (χ2v) is 5.13. The Morgan fingerprint density at radius 2 is 2.15 bits per heavy atom. The Labute approximate surface area is 122 Å². The molecule has 0 bridgehead atoms. The van der Waals surface area contributed by atoms with Crippen molar-refractivity contribution in [2.75, 3.05) is 5.43 Å². The molecule has 0 saturated carbocycles. The van der Waals surface area contributed by atoms with Crippen LogP contribution in [-0.4, -0.2) is 11.2 Å². The second kappa shape index (κ2) is 5.80. The van der Waals surface area contributed by atoms with Crippen LogP contribution in [0.4, 0.5) is 18.3 Å². The summed E-state index contributed by atoms with van der Waals surface area (Å²) < 4.78 is 38.5. The number of nitrogens with one attached hydrogen (secondary N) is 1. The molecule has 2 rings (SSSR count). The number of nitrogens with zero attached hydrogens (tertiary/aromatic N) is 2. The van der Waals surface area contributed by atoms with Gasteiger partial charge in [-0.25, -0.2) is 4.98 Å². The molecule has 106 valence electrons. The molecule has 1 aromatic heterocycles. The lowest BCUT2D eigenvalue weighted by Crippen LogP contribution is -2.09. The maximum atomic E-state index is 12.8. The van der Waals surface area contributed by atoms with Crippen LogP contribution in [-0.2, 0) is 6.18 Å². The number of aromatic nitrogens is 1. The predicted octanol–water partition coefficient (Wildman–Crippen LogP) is 4.57. The van der Waals surface area contributed by atoms with Gasteiger partial charge in [0.05, 0.1) is 22.5 Å². The topological polar surface area (TPSA) is 37.3 Å². The highest BCUT2D eigenvalue weighted by molar-refractivity contribution is 7.13. The number of aryl methyl sites for hydroxylation is 1. The zero-order valence-electron chi connectivity index (χ0n) is 10.2. The van der Waals surface area contributed by atoms with Crippen molar-refractivity contribution in [3.8, 4) is 0 Å². The Morgan fingerprint density at radius 1 is 1.40 bits per heavy atom. The molecule has 0 amide bonds. The van der Waals surface area contributed by atoms with Crippen molar-refractivity contribution in [2.45, 2.75) is 13.1 Å². The number of halogens is 4. The van der Waals surface area contributed by atoms with Crippen LogP contribution in [0.5, 0.6) is 0 Å². The summed E-state index contributed by atoms with van der Waals surface area (Å²) >= 11 is 7.10. The maximum Gasteiger partial charge on any atom is 0.417 e. The van der Waals surface area contributed by atoms with Crippen LogP contribution in [0.2, 0.25) is 5.02 Å². The third-order valence-electron chi connectivity index (χ3n) is 2.33. The zero-order chi connectivity index (χ0) is 14.8. The first-order valence-corrected chi connectivity index (χ1v) is 6.70. The SMILES string of the molecule is Cc1csc(NN=Cc2c(Cl)cccc2C(F)(F)F)n1. The Kier molecular flexibility index (Phi) is 4.29. The minimum absolute atomic E-state index is 0.0132. The Morgan fingerprint density at radius 3 is 2.75 bits per heavy atom. The average Bonchev–Trinajstić information content (AvgIpc) is 2.76. The number of alkyl halides is 3. The summed E-state index contributed by atoms with van der Waals surface area (Å²) in [4.78, 5) is 4.07. The van der Waals surface area contributed by atoms with Crippen molar-refractivity contribution in [2.24, 2.45) is 5.10 Å². The second-order valence-electron chi connectivity index (χ2n) is 3.86. The highest BCUT2D eigenvalue weighted by Crippen LogP contribution is 2.34. The van der Waals surface area contributed by atoms with Crippen LogP contribution in [0.1, 0.15) is 16.8 Å². The predicted molar refractivity (Wildman–Crippen MR) is 74.5 cm³/mol. The van der Waals surface area contributed by atoms with E-state index in [1.807, 2.05) is 0 Å². The molecule has 1 aromatic carbocycles. The quantitative estimate of drug-likeness (QED) is 0.664. The van der Waals surface area contributed by atoms with E-state index in [2.05, 4.69) is 15.5 Å². The molecule has 0 radical (unpaired) electrons. The third-order valence-corrected chi connectivity index (χ3v) is 3.53. The minimum Gasteiger partial charge on any atom is -0.253 e. The van der Waals surface area contributed by atoms with Gasteiger partial charge in [0, 0.05) is 10.9 Å². The average molecular weight is 320 g/mol. The summed E-state index contributed by atoms with van der Waals surface area (Å²) in [5.74, 6) is 0. The van der Waals surface area contributed by atoms with Crippen molar-refractivity contribution in [3.05, 3.63) is 45.4 Å². The number of hydrogen-bond donors (Lipinski definition) is 1. The van der Waals surface area contributed by atoms with Gasteiger partial charge in [0.15, 0.2) is 0 Å². The standard InChI is InChI=1S/C12H9ClF3N3S/c1-7-6-20-11(18-7)19-17-5-8-9(12(14,15)16)3-2-4-10(8)13/h2-6H,1H3,(H,18,19). The van der Waals surface area contributed by atoms with Crippen molar-refractivity contribution >= 4 is 34.3 Å². The molecule has 3 nitrogen and oxygen atoms in total. The largest absolute Gasteiger partial charge is 0.417 e.